The highest BCUT2D eigenvalue weighted by molar-refractivity contribution is 5.85. The molecule has 0 unspecified atom stereocenters. The molecule has 0 spiro atoms. The third kappa shape index (κ3) is 4.33. The highest BCUT2D eigenvalue weighted by Crippen LogP contribution is 2.43. The molecule has 0 fully saturated rings. The van der Waals surface area contributed by atoms with Gasteiger partial charge in [-0.25, -0.2) is 0 Å². The van der Waals surface area contributed by atoms with E-state index >= 15 is 0 Å². The highest BCUT2D eigenvalue weighted by Gasteiger charge is 2.29. The maximum Gasteiger partial charge on any atom is 0.126 e. The van der Waals surface area contributed by atoms with Crippen LogP contribution in [0.1, 0.15) is 34.2 Å². The van der Waals surface area contributed by atoms with E-state index in [9.17, 15) is 0 Å². The van der Waals surface area contributed by atoms with Crippen molar-refractivity contribution in [1.82, 2.24) is 4.90 Å². The molecule has 0 saturated carbocycles. The first kappa shape index (κ1) is 20.6. The van der Waals surface area contributed by atoms with Crippen LogP contribution in [0, 0.1) is 20.8 Å². The summed E-state index contributed by atoms with van der Waals surface area (Å²) < 4.78 is 12.5. The first-order chi connectivity index (χ1) is 12.0. The van der Waals surface area contributed by atoms with Gasteiger partial charge in [0.25, 0.3) is 0 Å². The van der Waals surface area contributed by atoms with Gasteiger partial charge in [-0.15, -0.1) is 12.4 Å². The van der Waals surface area contributed by atoms with Crippen LogP contribution in [0.15, 0.2) is 30.3 Å². The van der Waals surface area contributed by atoms with Crippen LogP contribution in [-0.2, 0) is 13.0 Å². The number of benzene rings is 2. The number of hydrogen-bond acceptors (Lipinski definition) is 3. The Labute approximate surface area is 163 Å². The van der Waals surface area contributed by atoms with Crippen molar-refractivity contribution in [1.29, 1.82) is 0 Å². The molecule has 1 aliphatic rings. The number of rotatable bonds is 6. The van der Waals surface area contributed by atoms with Gasteiger partial charge in [-0.1, -0.05) is 30.3 Å². The molecule has 3 rings (SSSR count). The molecular weight excluding hydrogens is 346 g/mol. The Morgan fingerprint density at radius 1 is 1.04 bits per heavy atom. The van der Waals surface area contributed by atoms with Gasteiger partial charge in [-0.05, 0) is 63.5 Å². The number of halogens is 1. The van der Waals surface area contributed by atoms with E-state index in [-0.39, 0.29) is 18.5 Å². The van der Waals surface area contributed by atoms with Gasteiger partial charge >= 0.3 is 0 Å². The SMILES string of the molecule is Cc1c(C)c2c(c(C)c1OCc1ccccc1)C[C@@H](CCN(C)C)O2.Cl. The van der Waals surface area contributed by atoms with Crippen molar-refractivity contribution >= 4 is 12.4 Å². The predicted octanol–water partition coefficient (Wildman–Crippen LogP) is 4.87. The summed E-state index contributed by atoms with van der Waals surface area (Å²) in [6.45, 7) is 8.11. The van der Waals surface area contributed by atoms with Crippen molar-refractivity contribution in [2.75, 3.05) is 20.6 Å². The first-order valence-corrected chi connectivity index (χ1v) is 9.08. The zero-order valence-electron chi connectivity index (χ0n) is 16.5. The van der Waals surface area contributed by atoms with Crippen LogP contribution in [0.2, 0.25) is 0 Å². The normalized spacial score (nSPS) is 15.4. The summed E-state index contributed by atoms with van der Waals surface area (Å²) in [5, 5.41) is 0. The van der Waals surface area contributed by atoms with Gasteiger partial charge in [0.05, 0.1) is 0 Å². The van der Waals surface area contributed by atoms with E-state index in [4.69, 9.17) is 9.47 Å². The lowest BCUT2D eigenvalue weighted by Gasteiger charge is -2.18. The Bertz CT molecular complexity index is 744. The third-order valence-electron chi connectivity index (χ3n) is 5.15. The quantitative estimate of drug-likeness (QED) is 0.719. The Balaban J connectivity index is 0.00000243. The van der Waals surface area contributed by atoms with E-state index in [0.717, 1.165) is 30.9 Å². The summed E-state index contributed by atoms with van der Waals surface area (Å²) in [4.78, 5) is 2.21. The smallest absolute Gasteiger partial charge is 0.126 e. The molecule has 0 bridgehead atoms. The van der Waals surface area contributed by atoms with Gasteiger partial charge in [-0.3, -0.25) is 0 Å². The molecule has 1 atom stereocenters. The summed E-state index contributed by atoms with van der Waals surface area (Å²) in [6.07, 6.45) is 2.32. The monoisotopic (exact) mass is 375 g/mol. The zero-order chi connectivity index (χ0) is 18.0. The van der Waals surface area contributed by atoms with E-state index in [1.54, 1.807) is 0 Å². The van der Waals surface area contributed by atoms with Gasteiger partial charge in [-0.2, -0.15) is 0 Å². The fraction of sp³-hybridized carbons (Fsp3) is 0.455. The lowest BCUT2D eigenvalue weighted by molar-refractivity contribution is 0.202. The summed E-state index contributed by atoms with van der Waals surface area (Å²) in [5.41, 5.74) is 6.17. The first-order valence-electron chi connectivity index (χ1n) is 9.08. The Hall–Kier alpha value is -1.71. The van der Waals surface area contributed by atoms with Crippen LogP contribution >= 0.6 is 12.4 Å². The summed E-state index contributed by atoms with van der Waals surface area (Å²) in [5.74, 6) is 2.11. The van der Waals surface area contributed by atoms with E-state index in [0.29, 0.717) is 6.61 Å². The number of nitrogens with zero attached hydrogens (tertiary/aromatic N) is 1. The van der Waals surface area contributed by atoms with Gasteiger partial charge in [0.15, 0.2) is 0 Å². The average Bonchev–Trinajstić information content (AvgIpc) is 3.04. The van der Waals surface area contributed by atoms with Crippen molar-refractivity contribution in [2.45, 2.75) is 46.3 Å². The van der Waals surface area contributed by atoms with Gasteiger partial charge in [0, 0.05) is 18.5 Å². The Morgan fingerprint density at radius 3 is 2.38 bits per heavy atom. The minimum absolute atomic E-state index is 0. The standard InChI is InChI=1S/C22H29NO2.ClH/c1-15-16(2)22-20(13-19(25-22)11-12-23(4)5)17(3)21(15)24-14-18-9-7-6-8-10-18;/h6-10,19H,11-14H2,1-5H3;1H/t19-;/m1./s1. The summed E-state index contributed by atoms with van der Waals surface area (Å²) in [6, 6.07) is 10.3. The number of hydrogen-bond donors (Lipinski definition) is 0. The van der Waals surface area contributed by atoms with E-state index in [2.05, 4.69) is 64.0 Å². The lowest BCUT2D eigenvalue weighted by Crippen LogP contribution is -2.22. The zero-order valence-corrected chi connectivity index (χ0v) is 17.3. The molecule has 2 aromatic carbocycles. The van der Waals surface area contributed by atoms with Crippen molar-refractivity contribution < 1.29 is 9.47 Å². The molecule has 0 aliphatic carbocycles. The molecule has 1 heterocycles. The van der Waals surface area contributed by atoms with Crippen LogP contribution in [0.25, 0.3) is 0 Å². The topological polar surface area (TPSA) is 21.7 Å². The average molecular weight is 376 g/mol. The molecule has 0 radical (unpaired) electrons. The van der Waals surface area contributed by atoms with Crippen molar-refractivity contribution in [3.05, 3.63) is 58.1 Å². The molecule has 26 heavy (non-hydrogen) atoms. The second kappa shape index (κ2) is 8.79. The molecule has 4 heteroatoms. The fourth-order valence-corrected chi connectivity index (χ4v) is 3.51. The molecule has 0 saturated heterocycles. The van der Waals surface area contributed by atoms with Crippen molar-refractivity contribution in [3.8, 4) is 11.5 Å². The Kier molecular flexibility index (Phi) is 6.96. The minimum atomic E-state index is 0. The highest BCUT2D eigenvalue weighted by atomic mass is 35.5. The molecule has 3 nitrogen and oxygen atoms in total. The molecule has 0 N–H and O–H groups in total. The lowest BCUT2D eigenvalue weighted by atomic mass is 9.95. The number of fused-ring (bicyclic) bond motifs is 1. The predicted molar refractivity (Wildman–Crippen MR) is 110 cm³/mol. The van der Waals surface area contributed by atoms with Crippen LogP contribution in [0.4, 0.5) is 0 Å². The maximum atomic E-state index is 6.29. The van der Waals surface area contributed by atoms with E-state index in [1.807, 2.05) is 6.07 Å². The van der Waals surface area contributed by atoms with Crippen molar-refractivity contribution in [3.63, 3.8) is 0 Å². The molecule has 2 aromatic rings. The van der Waals surface area contributed by atoms with Crippen LogP contribution in [0.5, 0.6) is 11.5 Å². The molecule has 142 valence electrons. The maximum absolute atomic E-state index is 6.29. The molecule has 0 amide bonds. The fourth-order valence-electron chi connectivity index (χ4n) is 3.51. The van der Waals surface area contributed by atoms with E-state index in [1.165, 1.54) is 27.8 Å². The second-order valence-electron chi connectivity index (χ2n) is 7.32. The third-order valence-corrected chi connectivity index (χ3v) is 5.15. The second-order valence-corrected chi connectivity index (χ2v) is 7.32. The molecule has 1 aliphatic heterocycles. The van der Waals surface area contributed by atoms with Crippen molar-refractivity contribution in [2.24, 2.45) is 0 Å². The summed E-state index contributed by atoms with van der Waals surface area (Å²) >= 11 is 0. The van der Waals surface area contributed by atoms with Gasteiger partial charge in [0.2, 0.25) is 0 Å². The van der Waals surface area contributed by atoms with E-state index < -0.39 is 0 Å². The van der Waals surface area contributed by atoms with Crippen LogP contribution in [-0.4, -0.2) is 31.6 Å². The van der Waals surface area contributed by atoms with Gasteiger partial charge < -0.3 is 14.4 Å². The molecular formula is C22H30ClNO2. The summed E-state index contributed by atoms with van der Waals surface area (Å²) in [7, 11) is 4.22. The largest absolute Gasteiger partial charge is 0.489 e. The van der Waals surface area contributed by atoms with Crippen LogP contribution < -0.4 is 9.47 Å². The molecule has 0 aromatic heterocycles. The minimum Gasteiger partial charge on any atom is -0.489 e. The number of ether oxygens (including phenoxy) is 2. The van der Waals surface area contributed by atoms with Gasteiger partial charge in [0.1, 0.15) is 24.2 Å². The van der Waals surface area contributed by atoms with Crippen LogP contribution in [0.3, 0.4) is 0 Å². The Morgan fingerprint density at radius 2 is 1.73 bits per heavy atom.